The summed E-state index contributed by atoms with van der Waals surface area (Å²) >= 11 is 0. The van der Waals surface area contributed by atoms with Gasteiger partial charge in [0.2, 0.25) is 11.8 Å². The number of carbonyl (C=O) groups is 2. The number of methoxy groups -OCH3 is 1. The van der Waals surface area contributed by atoms with Crippen LogP contribution in [0.1, 0.15) is 48.4 Å². The quantitative estimate of drug-likeness (QED) is 0.439. The fourth-order valence-corrected chi connectivity index (χ4v) is 4.77. The second-order valence-electron chi connectivity index (χ2n) is 9.18. The first-order valence-corrected chi connectivity index (χ1v) is 12.0. The highest BCUT2D eigenvalue weighted by Gasteiger charge is 2.38. The van der Waals surface area contributed by atoms with Gasteiger partial charge in [0.15, 0.2) is 0 Å². The standard InChI is InChI=1S/C29H31FN2O3/c1-35-24-12-13-25(30)23(19-24)20-29(17-15-28(34)32-29)16-14-27(33)31-26(22-10-6-3-7-11-22)18-21-8-4-2-5-9-21/h2-13,19,26H,14-18,20H2,1H3,(H,31,33)(H,32,34)/t26-,29+/m0/s1. The van der Waals surface area contributed by atoms with E-state index in [1.165, 1.54) is 13.2 Å². The van der Waals surface area contributed by atoms with Crippen LogP contribution >= 0.6 is 0 Å². The molecule has 1 aliphatic rings. The minimum Gasteiger partial charge on any atom is -0.497 e. The fraction of sp³-hybridized carbons (Fsp3) is 0.310. The van der Waals surface area contributed by atoms with Crippen molar-refractivity contribution in [3.63, 3.8) is 0 Å². The first-order valence-electron chi connectivity index (χ1n) is 12.0. The molecule has 35 heavy (non-hydrogen) atoms. The SMILES string of the molecule is COc1ccc(F)c(C[C@@]2(CCC(=O)N[C@@H](Cc3ccccc3)c3ccccc3)CCC(=O)N2)c1. The summed E-state index contributed by atoms with van der Waals surface area (Å²) in [4.78, 5) is 25.2. The molecule has 1 fully saturated rings. The summed E-state index contributed by atoms with van der Waals surface area (Å²) < 4.78 is 19.8. The Labute approximate surface area is 205 Å². The highest BCUT2D eigenvalue weighted by atomic mass is 19.1. The van der Waals surface area contributed by atoms with E-state index in [0.717, 1.165) is 11.1 Å². The lowest BCUT2D eigenvalue weighted by atomic mass is 9.84. The maximum Gasteiger partial charge on any atom is 0.220 e. The maximum atomic E-state index is 14.5. The summed E-state index contributed by atoms with van der Waals surface area (Å²) in [5.74, 6) is 0.0504. The number of hydrogen-bond donors (Lipinski definition) is 2. The van der Waals surface area contributed by atoms with E-state index in [2.05, 4.69) is 10.6 Å². The van der Waals surface area contributed by atoms with E-state index in [9.17, 15) is 14.0 Å². The lowest BCUT2D eigenvalue weighted by molar-refractivity contribution is -0.123. The van der Waals surface area contributed by atoms with Crippen LogP contribution in [0.3, 0.4) is 0 Å². The van der Waals surface area contributed by atoms with E-state index in [1.807, 2.05) is 60.7 Å². The Kier molecular flexibility index (Phi) is 7.80. The van der Waals surface area contributed by atoms with E-state index < -0.39 is 5.54 Å². The van der Waals surface area contributed by atoms with Crippen LogP contribution in [-0.2, 0) is 22.4 Å². The molecule has 0 saturated carbocycles. The topological polar surface area (TPSA) is 67.4 Å². The highest BCUT2D eigenvalue weighted by molar-refractivity contribution is 5.80. The number of hydrogen-bond acceptors (Lipinski definition) is 3. The first-order chi connectivity index (χ1) is 17.0. The predicted molar refractivity (Wildman–Crippen MR) is 133 cm³/mol. The predicted octanol–water partition coefficient (Wildman–Crippen LogP) is 4.91. The first kappa shape index (κ1) is 24.5. The summed E-state index contributed by atoms with van der Waals surface area (Å²) in [6.07, 6.45) is 2.56. The van der Waals surface area contributed by atoms with Crippen molar-refractivity contribution in [1.82, 2.24) is 10.6 Å². The van der Waals surface area contributed by atoms with Crippen molar-refractivity contribution in [3.8, 4) is 5.75 Å². The van der Waals surface area contributed by atoms with Crippen molar-refractivity contribution < 1.29 is 18.7 Å². The summed E-state index contributed by atoms with van der Waals surface area (Å²) in [5, 5.41) is 6.22. The van der Waals surface area contributed by atoms with E-state index in [0.29, 0.717) is 43.4 Å². The number of nitrogens with one attached hydrogen (secondary N) is 2. The monoisotopic (exact) mass is 474 g/mol. The van der Waals surface area contributed by atoms with Crippen LogP contribution in [0.25, 0.3) is 0 Å². The number of benzene rings is 3. The van der Waals surface area contributed by atoms with Crippen molar-refractivity contribution in [3.05, 3.63) is 101 Å². The third-order valence-electron chi connectivity index (χ3n) is 6.67. The van der Waals surface area contributed by atoms with Gasteiger partial charge < -0.3 is 15.4 Å². The molecule has 6 heteroatoms. The van der Waals surface area contributed by atoms with Crippen LogP contribution in [0.5, 0.6) is 5.75 Å². The van der Waals surface area contributed by atoms with Gasteiger partial charge in [-0.15, -0.1) is 0 Å². The molecule has 1 saturated heterocycles. The Morgan fingerprint density at radius 3 is 2.46 bits per heavy atom. The molecule has 2 amide bonds. The minimum absolute atomic E-state index is 0.0695. The molecule has 5 nitrogen and oxygen atoms in total. The number of halogens is 1. The van der Waals surface area contributed by atoms with Crippen molar-refractivity contribution in [2.24, 2.45) is 0 Å². The molecule has 3 aromatic rings. The smallest absolute Gasteiger partial charge is 0.220 e. The van der Waals surface area contributed by atoms with Crippen LogP contribution in [0, 0.1) is 5.82 Å². The number of carbonyl (C=O) groups excluding carboxylic acids is 2. The van der Waals surface area contributed by atoms with Crippen molar-refractivity contribution in [2.75, 3.05) is 7.11 Å². The molecule has 0 aliphatic carbocycles. The number of rotatable bonds is 10. The molecule has 0 radical (unpaired) electrons. The Morgan fingerprint density at radius 2 is 1.80 bits per heavy atom. The molecule has 0 aromatic heterocycles. The Hall–Kier alpha value is -3.67. The molecule has 1 aliphatic heterocycles. The molecule has 2 atom stereocenters. The van der Waals surface area contributed by atoms with Gasteiger partial charge in [-0.25, -0.2) is 4.39 Å². The van der Waals surface area contributed by atoms with Crippen LogP contribution in [0.15, 0.2) is 78.9 Å². The maximum absolute atomic E-state index is 14.5. The van der Waals surface area contributed by atoms with Gasteiger partial charge in [0.1, 0.15) is 11.6 Å². The molecule has 3 aromatic carbocycles. The average molecular weight is 475 g/mol. The number of amides is 2. The van der Waals surface area contributed by atoms with Gasteiger partial charge in [0.05, 0.1) is 13.2 Å². The van der Waals surface area contributed by atoms with Gasteiger partial charge in [0, 0.05) is 18.4 Å². The summed E-state index contributed by atoms with van der Waals surface area (Å²) in [6.45, 7) is 0. The molecule has 182 valence electrons. The van der Waals surface area contributed by atoms with Crippen LogP contribution in [0.4, 0.5) is 4.39 Å². The van der Waals surface area contributed by atoms with Crippen molar-refractivity contribution in [1.29, 1.82) is 0 Å². The lowest BCUT2D eigenvalue weighted by Gasteiger charge is -2.30. The van der Waals surface area contributed by atoms with Gasteiger partial charge in [0.25, 0.3) is 0 Å². The molecular formula is C29H31FN2O3. The lowest BCUT2D eigenvalue weighted by Crippen LogP contribution is -2.45. The molecule has 0 bridgehead atoms. The molecule has 0 unspecified atom stereocenters. The van der Waals surface area contributed by atoms with E-state index in [-0.39, 0.29) is 30.1 Å². The fourth-order valence-electron chi connectivity index (χ4n) is 4.77. The zero-order valence-electron chi connectivity index (χ0n) is 19.9. The van der Waals surface area contributed by atoms with Gasteiger partial charge in [-0.05, 0) is 60.6 Å². The second-order valence-corrected chi connectivity index (χ2v) is 9.18. The minimum atomic E-state index is -0.663. The van der Waals surface area contributed by atoms with Crippen LogP contribution < -0.4 is 15.4 Å². The summed E-state index contributed by atoms with van der Waals surface area (Å²) in [7, 11) is 1.53. The third kappa shape index (κ3) is 6.47. The normalized spacial score (nSPS) is 18.1. The van der Waals surface area contributed by atoms with Gasteiger partial charge in [-0.1, -0.05) is 60.7 Å². The highest BCUT2D eigenvalue weighted by Crippen LogP contribution is 2.32. The third-order valence-corrected chi connectivity index (χ3v) is 6.67. The average Bonchev–Trinajstić information content (AvgIpc) is 3.25. The largest absolute Gasteiger partial charge is 0.497 e. The van der Waals surface area contributed by atoms with Crippen molar-refractivity contribution in [2.45, 2.75) is 50.1 Å². The zero-order valence-corrected chi connectivity index (χ0v) is 19.9. The molecule has 2 N–H and O–H groups in total. The Morgan fingerprint density at radius 1 is 1.09 bits per heavy atom. The van der Waals surface area contributed by atoms with Gasteiger partial charge >= 0.3 is 0 Å². The molecule has 4 rings (SSSR count). The summed E-state index contributed by atoms with van der Waals surface area (Å²) in [6, 6.07) is 24.4. The number of ether oxygens (including phenoxy) is 1. The molecular weight excluding hydrogens is 443 g/mol. The molecule has 1 heterocycles. The Balaban J connectivity index is 1.46. The van der Waals surface area contributed by atoms with E-state index in [4.69, 9.17) is 4.74 Å². The Bertz CT molecular complexity index is 1150. The van der Waals surface area contributed by atoms with E-state index in [1.54, 1.807) is 12.1 Å². The van der Waals surface area contributed by atoms with Crippen LogP contribution in [0.2, 0.25) is 0 Å². The summed E-state index contributed by atoms with van der Waals surface area (Å²) in [5.41, 5.74) is 1.98. The van der Waals surface area contributed by atoms with Gasteiger partial charge in [-0.2, -0.15) is 0 Å². The van der Waals surface area contributed by atoms with Crippen LogP contribution in [-0.4, -0.2) is 24.5 Å². The van der Waals surface area contributed by atoms with Gasteiger partial charge in [-0.3, -0.25) is 9.59 Å². The van der Waals surface area contributed by atoms with E-state index >= 15 is 0 Å². The molecule has 0 spiro atoms. The second kappa shape index (κ2) is 11.2. The zero-order chi connectivity index (χ0) is 24.7. The van der Waals surface area contributed by atoms with Crippen molar-refractivity contribution >= 4 is 11.8 Å².